The Bertz CT molecular complexity index is 471. The number of nitrogens with zero attached hydrogens (tertiary/aromatic N) is 1. The monoisotopic (exact) mass is 217 g/mol. The highest BCUT2D eigenvalue weighted by molar-refractivity contribution is 5.73. The van der Waals surface area contributed by atoms with Gasteiger partial charge in [-0.1, -0.05) is 33.3 Å². The third kappa shape index (κ3) is 2.43. The number of hydrogen-bond acceptors (Lipinski definition) is 2. The smallest absolute Gasteiger partial charge is 0.195 e. The molecule has 0 bridgehead atoms. The molecule has 2 aromatic rings. The third-order valence-electron chi connectivity index (χ3n) is 2.62. The molecule has 0 amide bonds. The lowest BCUT2D eigenvalue weighted by atomic mass is 10.1. The average molecular weight is 217 g/mol. The Balaban J connectivity index is 2.30. The molecule has 0 aliphatic carbocycles. The van der Waals surface area contributed by atoms with Gasteiger partial charge in [-0.15, -0.1) is 0 Å². The molecule has 1 heterocycles. The molecule has 0 aliphatic rings. The number of hydrogen-bond donors (Lipinski definition) is 0. The summed E-state index contributed by atoms with van der Waals surface area (Å²) in [7, 11) is 0. The molecule has 2 rings (SSSR count). The molecule has 0 fully saturated rings. The van der Waals surface area contributed by atoms with Crippen LogP contribution < -0.4 is 0 Å². The Morgan fingerprint density at radius 3 is 2.81 bits per heavy atom. The molecule has 0 saturated heterocycles. The van der Waals surface area contributed by atoms with Crippen molar-refractivity contribution in [1.82, 2.24) is 4.98 Å². The minimum Gasteiger partial charge on any atom is -0.441 e. The van der Waals surface area contributed by atoms with Crippen molar-refractivity contribution < 1.29 is 4.42 Å². The van der Waals surface area contributed by atoms with Gasteiger partial charge in [-0.05, 0) is 30.0 Å². The topological polar surface area (TPSA) is 26.0 Å². The minimum atomic E-state index is 0.586. The highest BCUT2D eigenvalue weighted by atomic mass is 16.3. The molecule has 0 unspecified atom stereocenters. The molecule has 1 aromatic heterocycles. The summed E-state index contributed by atoms with van der Waals surface area (Å²) in [5.74, 6) is 1.45. The molecule has 0 saturated carbocycles. The highest BCUT2D eigenvalue weighted by Gasteiger charge is 2.07. The second-order valence-corrected chi connectivity index (χ2v) is 4.76. The lowest BCUT2D eigenvalue weighted by Gasteiger charge is -1.96. The minimum absolute atomic E-state index is 0.586. The van der Waals surface area contributed by atoms with Gasteiger partial charge in [0.25, 0.3) is 0 Å². The molecule has 2 heteroatoms. The predicted octanol–water partition coefficient (Wildman–Crippen LogP) is 3.98. The van der Waals surface area contributed by atoms with Crippen molar-refractivity contribution in [2.45, 2.75) is 40.0 Å². The van der Waals surface area contributed by atoms with Gasteiger partial charge in [0.1, 0.15) is 5.52 Å². The molecular weight excluding hydrogens is 198 g/mol. The summed E-state index contributed by atoms with van der Waals surface area (Å²) in [5, 5.41) is 0. The summed E-state index contributed by atoms with van der Waals surface area (Å²) < 4.78 is 5.70. The quantitative estimate of drug-likeness (QED) is 0.774. The van der Waals surface area contributed by atoms with E-state index in [4.69, 9.17) is 4.42 Å². The van der Waals surface area contributed by atoms with Crippen LogP contribution in [0.3, 0.4) is 0 Å². The van der Waals surface area contributed by atoms with Crippen molar-refractivity contribution in [2.24, 2.45) is 5.92 Å². The zero-order valence-corrected chi connectivity index (χ0v) is 10.3. The van der Waals surface area contributed by atoms with E-state index in [1.807, 2.05) is 6.07 Å². The fourth-order valence-corrected chi connectivity index (χ4v) is 1.90. The van der Waals surface area contributed by atoms with E-state index in [1.54, 1.807) is 0 Å². The molecule has 16 heavy (non-hydrogen) atoms. The molecule has 1 aromatic carbocycles. The van der Waals surface area contributed by atoms with E-state index in [-0.39, 0.29) is 0 Å². The third-order valence-corrected chi connectivity index (χ3v) is 2.62. The van der Waals surface area contributed by atoms with Crippen molar-refractivity contribution in [3.8, 4) is 0 Å². The maximum atomic E-state index is 5.70. The van der Waals surface area contributed by atoms with Crippen molar-refractivity contribution in [3.05, 3.63) is 29.7 Å². The first-order chi connectivity index (χ1) is 7.69. The Hall–Kier alpha value is -1.31. The van der Waals surface area contributed by atoms with E-state index in [0.29, 0.717) is 5.92 Å². The van der Waals surface area contributed by atoms with Crippen LogP contribution in [0.2, 0.25) is 0 Å². The van der Waals surface area contributed by atoms with Crippen molar-refractivity contribution >= 4 is 11.1 Å². The molecule has 0 atom stereocenters. The summed E-state index contributed by atoms with van der Waals surface area (Å²) in [6.45, 7) is 6.55. The largest absolute Gasteiger partial charge is 0.441 e. The van der Waals surface area contributed by atoms with E-state index in [9.17, 15) is 0 Å². The molecule has 0 radical (unpaired) electrons. The normalized spacial score (nSPS) is 11.5. The summed E-state index contributed by atoms with van der Waals surface area (Å²) in [6, 6.07) is 6.32. The standard InChI is InChI=1S/C14H19NO/c1-4-5-11-6-7-13-12(9-11)15-14(16-13)8-10(2)3/h6-7,9-10H,4-5,8H2,1-3H3. The van der Waals surface area contributed by atoms with Crippen LogP contribution in [0.1, 0.15) is 38.6 Å². The van der Waals surface area contributed by atoms with Crippen LogP contribution in [0.25, 0.3) is 11.1 Å². The fourth-order valence-electron chi connectivity index (χ4n) is 1.90. The Morgan fingerprint density at radius 1 is 1.31 bits per heavy atom. The number of benzene rings is 1. The summed E-state index contributed by atoms with van der Waals surface area (Å²) in [5.41, 5.74) is 3.26. The first kappa shape index (κ1) is 11.2. The number of oxazole rings is 1. The Kier molecular flexibility index (Phi) is 3.28. The zero-order valence-electron chi connectivity index (χ0n) is 10.3. The number of aromatic nitrogens is 1. The van der Waals surface area contributed by atoms with Crippen LogP contribution >= 0.6 is 0 Å². The van der Waals surface area contributed by atoms with E-state index >= 15 is 0 Å². The fraction of sp³-hybridized carbons (Fsp3) is 0.500. The van der Waals surface area contributed by atoms with E-state index in [1.165, 1.54) is 12.0 Å². The number of rotatable bonds is 4. The van der Waals surface area contributed by atoms with Crippen LogP contribution in [0.15, 0.2) is 22.6 Å². The van der Waals surface area contributed by atoms with Gasteiger partial charge in [-0.3, -0.25) is 0 Å². The van der Waals surface area contributed by atoms with Gasteiger partial charge < -0.3 is 4.42 Å². The molecular formula is C14H19NO. The van der Waals surface area contributed by atoms with Crippen molar-refractivity contribution in [2.75, 3.05) is 0 Å². The maximum absolute atomic E-state index is 5.70. The van der Waals surface area contributed by atoms with Crippen LogP contribution in [-0.4, -0.2) is 4.98 Å². The summed E-state index contributed by atoms with van der Waals surface area (Å²) in [4.78, 5) is 4.53. The van der Waals surface area contributed by atoms with E-state index in [0.717, 1.165) is 29.8 Å². The predicted molar refractivity (Wildman–Crippen MR) is 66.5 cm³/mol. The van der Waals surface area contributed by atoms with Gasteiger partial charge in [-0.2, -0.15) is 0 Å². The van der Waals surface area contributed by atoms with Gasteiger partial charge in [0.2, 0.25) is 0 Å². The Labute approximate surface area is 96.7 Å². The summed E-state index contributed by atoms with van der Waals surface area (Å²) in [6.07, 6.45) is 3.20. The average Bonchev–Trinajstić information content (AvgIpc) is 2.58. The van der Waals surface area contributed by atoms with Crippen LogP contribution in [0.4, 0.5) is 0 Å². The number of aryl methyl sites for hydroxylation is 1. The van der Waals surface area contributed by atoms with E-state index < -0.39 is 0 Å². The number of fused-ring (bicyclic) bond motifs is 1. The second-order valence-electron chi connectivity index (χ2n) is 4.76. The van der Waals surface area contributed by atoms with Crippen LogP contribution in [0, 0.1) is 5.92 Å². The molecule has 0 aliphatic heterocycles. The summed E-state index contributed by atoms with van der Waals surface area (Å²) >= 11 is 0. The zero-order chi connectivity index (χ0) is 11.5. The van der Waals surface area contributed by atoms with Gasteiger partial charge >= 0.3 is 0 Å². The van der Waals surface area contributed by atoms with Gasteiger partial charge in [-0.25, -0.2) is 4.98 Å². The van der Waals surface area contributed by atoms with Crippen molar-refractivity contribution in [1.29, 1.82) is 0 Å². The first-order valence-electron chi connectivity index (χ1n) is 6.07. The van der Waals surface area contributed by atoms with E-state index in [2.05, 4.69) is 37.9 Å². The maximum Gasteiger partial charge on any atom is 0.195 e. The second kappa shape index (κ2) is 4.69. The lowest BCUT2D eigenvalue weighted by Crippen LogP contribution is -1.93. The van der Waals surface area contributed by atoms with Crippen LogP contribution in [-0.2, 0) is 12.8 Å². The first-order valence-corrected chi connectivity index (χ1v) is 6.07. The molecule has 0 N–H and O–H groups in total. The van der Waals surface area contributed by atoms with Gasteiger partial charge in [0, 0.05) is 6.42 Å². The van der Waals surface area contributed by atoms with Crippen molar-refractivity contribution in [3.63, 3.8) is 0 Å². The molecule has 86 valence electrons. The molecule has 2 nitrogen and oxygen atoms in total. The van der Waals surface area contributed by atoms with Gasteiger partial charge in [0.05, 0.1) is 0 Å². The SMILES string of the molecule is CCCc1ccc2oc(CC(C)C)nc2c1. The van der Waals surface area contributed by atoms with Gasteiger partial charge in [0.15, 0.2) is 11.5 Å². The lowest BCUT2D eigenvalue weighted by molar-refractivity contribution is 0.482. The molecule has 0 spiro atoms. The van der Waals surface area contributed by atoms with Crippen LogP contribution in [0.5, 0.6) is 0 Å². The highest BCUT2D eigenvalue weighted by Crippen LogP contribution is 2.19. The Morgan fingerprint density at radius 2 is 2.12 bits per heavy atom.